The fraction of sp³-hybridized carbons (Fsp3) is 0.174. The van der Waals surface area contributed by atoms with E-state index in [4.69, 9.17) is 4.74 Å². The van der Waals surface area contributed by atoms with Crippen LogP contribution < -0.4 is 10.1 Å². The molecule has 0 spiro atoms. The number of aromatic nitrogens is 1. The number of pyridine rings is 1. The summed E-state index contributed by atoms with van der Waals surface area (Å²) in [4.78, 5) is 28.4. The molecule has 1 aliphatic rings. The lowest BCUT2D eigenvalue weighted by atomic mass is 9.97. The van der Waals surface area contributed by atoms with Crippen LogP contribution in [0.3, 0.4) is 0 Å². The van der Waals surface area contributed by atoms with Crippen LogP contribution >= 0.6 is 0 Å². The molecule has 6 heteroatoms. The molecule has 2 aromatic carbocycles. The van der Waals surface area contributed by atoms with Crippen LogP contribution in [0.4, 0.5) is 0 Å². The number of carboxylic acids is 1. The first-order valence-electron chi connectivity index (χ1n) is 9.39. The molecule has 0 aliphatic carbocycles. The van der Waals surface area contributed by atoms with E-state index in [0.29, 0.717) is 30.8 Å². The third-order valence-corrected chi connectivity index (χ3v) is 4.99. The van der Waals surface area contributed by atoms with Crippen molar-refractivity contribution in [3.8, 4) is 16.9 Å². The molecule has 0 bridgehead atoms. The molecule has 6 nitrogen and oxygen atoms in total. The van der Waals surface area contributed by atoms with E-state index in [-0.39, 0.29) is 0 Å². The van der Waals surface area contributed by atoms with Gasteiger partial charge in [-0.1, -0.05) is 30.3 Å². The summed E-state index contributed by atoms with van der Waals surface area (Å²) in [7, 11) is 0. The minimum atomic E-state index is -1.05. The van der Waals surface area contributed by atoms with Crippen molar-refractivity contribution in [2.75, 3.05) is 0 Å². The Morgan fingerprint density at radius 2 is 1.93 bits per heavy atom. The zero-order chi connectivity index (χ0) is 20.2. The molecule has 4 rings (SSSR count). The molecule has 146 valence electrons. The van der Waals surface area contributed by atoms with Crippen molar-refractivity contribution in [2.24, 2.45) is 0 Å². The number of hydrogen-bond donors (Lipinski definition) is 2. The third kappa shape index (κ3) is 4.11. The summed E-state index contributed by atoms with van der Waals surface area (Å²) in [6.07, 6.45) is 4.37. The second-order valence-corrected chi connectivity index (χ2v) is 6.92. The average molecular weight is 388 g/mol. The number of carboxylic acid groups (broad SMARTS) is 1. The Hall–Kier alpha value is -3.67. The highest BCUT2D eigenvalue weighted by Crippen LogP contribution is 2.37. The summed E-state index contributed by atoms with van der Waals surface area (Å²) >= 11 is 0. The minimum Gasteiger partial charge on any atom is -0.488 e. The van der Waals surface area contributed by atoms with Gasteiger partial charge in [0.15, 0.2) is 0 Å². The molecule has 0 fully saturated rings. The van der Waals surface area contributed by atoms with Crippen LogP contribution in [0, 0.1) is 0 Å². The van der Waals surface area contributed by atoms with Crippen LogP contribution in [-0.2, 0) is 17.8 Å². The Balaban J connectivity index is 1.48. The smallest absolute Gasteiger partial charge is 0.326 e. The van der Waals surface area contributed by atoms with Crippen molar-refractivity contribution in [3.05, 3.63) is 83.7 Å². The zero-order valence-electron chi connectivity index (χ0n) is 15.7. The van der Waals surface area contributed by atoms with Gasteiger partial charge in [-0.05, 0) is 48.2 Å². The molecule has 2 heterocycles. The number of carbonyl (C=O) groups is 2. The van der Waals surface area contributed by atoms with Gasteiger partial charge in [-0.25, -0.2) is 4.79 Å². The first-order valence-corrected chi connectivity index (χ1v) is 9.39. The average Bonchev–Trinajstić information content (AvgIpc) is 2.76. The molecule has 1 aromatic heterocycles. The number of aryl methyl sites for hydroxylation is 1. The number of rotatable bonds is 6. The summed E-state index contributed by atoms with van der Waals surface area (Å²) < 4.78 is 5.76. The lowest BCUT2D eigenvalue weighted by Crippen LogP contribution is -2.41. The van der Waals surface area contributed by atoms with Gasteiger partial charge in [-0.3, -0.25) is 9.78 Å². The molecule has 0 saturated carbocycles. The first kappa shape index (κ1) is 18.7. The maximum Gasteiger partial charge on any atom is 0.326 e. The summed E-state index contributed by atoms with van der Waals surface area (Å²) in [5, 5.41) is 12.1. The van der Waals surface area contributed by atoms with Gasteiger partial charge in [0.1, 0.15) is 18.4 Å². The lowest BCUT2D eigenvalue weighted by Gasteiger charge is -2.21. The van der Waals surface area contributed by atoms with Crippen molar-refractivity contribution in [1.29, 1.82) is 0 Å². The van der Waals surface area contributed by atoms with E-state index in [0.717, 1.165) is 22.3 Å². The number of nitrogens with one attached hydrogen (secondary N) is 1. The van der Waals surface area contributed by atoms with E-state index in [9.17, 15) is 14.7 Å². The quantitative estimate of drug-likeness (QED) is 0.675. The van der Waals surface area contributed by atoms with Crippen molar-refractivity contribution < 1.29 is 19.4 Å². The third-order valence-electron chi connectivity index (χ3n) is 4.99. The highest BCUT2D eigenvalue weighted by Gasteiger charge is 2.23. The summed E-state index contributed by atoms with van der Waals surface area (Å²) in [5.41, 5.74) is 4.31. The van der Waals surface area contributed by atoms with Gasteiger partial charge < -0.3 is 15.2 Å². The van der Waals surface area contributed by atoms with Gasteiger partial charge in [0.2, 0.25) is 0 Å². The maximum absolute atomic E-state index is 12.7. The second kappa shape index (κ2) is 8.14. The highest BCUT2D eigenvalue weighted by molar-refractivity contribution is 5.98. The van der Waals surface area contributed by atoms with E-state index in [2.05, 4.69) is 10.3 Å². The van der Waals surface area contributed by atoms with Gasteiger partial charge >= 0.3 is 5.97 Å². The molecule has 0 saturated heterocycles. The number of benzene rings is 2. The molecule has 3 aromatic rings. The van der Waals surface area contributed by atoms with E-state index < -0.39 is 17.9 Å². The van der Waals surface area contributed by atoms with Crippen molar-refractivity contribution in [2.45, 2.75) is 25.5 Å². The Bertz CT molecular complexity index is 1050. The number of amides is 1. The van der Waals surface area contributed by atoms with Crippen LogP contribution in [0.15, 0.2) is 67.0 Å². The Labute approximate surface area is 168 Å². The highest BCUT2D eigenvalue weighted by atomic mass is 16.5. The molecule has 29 heavy (non-hydrogen) atoms. The monoisotopic (exact) mass is 388 g/mol. The zero-order valence-corrected chi connectivity index (χ0v) is 15.7. The molecular weight excluding hydrogens is 368 g/mol. The van der Waals surface area contributed by atoms with Gasteiger partial charge in [0.25, 0.3) is 5.91 Å². The molecule has 1 amide bonds. The number of hydrogen-bond acceptors (Lipinski definition) is 4. The minimum absolute atomic E-state index is 0.312. The van der Waals surface area contributed by atoms with Gasteiger partial charge in [-0.15, -0.1) is 0 Å². The molecular formula is C23H20N2O4. The van der Waals surface area contributed by atoms with Crippen molar-refractivity contribution in [1.82, 2.24) is 10.3 Å². The fourth-order valence-electron chi connectivity index (χ4n) is 3.42. The van der Waals surface area contributed by atoms with Crippen LogP contribution in [0.2, 0.25) is 0 Å². The molecule has 1 aliphatic heterocycles. The van der Waals surface area contributed by atoms with Crippen molar-refractivity contribution >= 4 is 11.9 Å². The predicted molar refractivity (Wildman–Crippen MR) is 108 cm³/mol. The van der Waals surface area contributed by atoms with Crippen LogP contribution in [-0.4, -0.2) is 28.0 Å². The van der Waals surface area contributed by atoms with Crippen molar-refractivity contribution in [3.63, 3.8) is 0 Å². The number of ether oxygens (including phenoxy) is 1. The summed E-state index contributed by atoms with van der Waals surface area (Å²) in [5.74, 6) is -0.880. The first-order chi connectivity index (χ1) is 14.1. The van der Waals surface area contributed by atoms with Crippen LogP contribution in [0.1, 0.15) is 27.9 Å². The molecule has 0 radical (unpaired) electrons. The number of nitrogens with zero attached hydrogens (tertiary/aromatic N) is 1. The summed E-state index contributed by atoms with van der Waals surface area (Å²) in [6, 6.07) is 15.7. The Morgan fingerprint density at radius 1 is 1.10 bits per heavy atom. The standard InChI is InChI=1S/C23H20N2O4/c26-22(25-20(23(27)28)9-6-15-4-2-1-3-5-15)16-7-8-19-18-10-11-24-13-17(18)14-29-21(19)12-16/h1-5,7-8,10-13,20H,6,9,14H2,(H,25,26)(H,27,28)/t20-/m1/s1. The maximum atomic E-state index is 12.7. The Morgan fingerprint density at radius 3 is 2.72 bits per heavy atom. The largest absolute Gasteiger partial charge is 0.488 e. The molecule has 1 atom stereocenters. The SMILES string of the molecule is O=C(N[C@H](CCc1ccccc1)C(=O)O)c1ccc2c(c1)OCc1cnccc1-2. The lowest BCUT2D eigenvalue weighted by molar-refractivity contribution is -0.139. The van der Waals surface area contributed by atoms with Gasteiger partial charge in [0, 0.05) is 29.1 Å². The Kier molecular flexibility index (Phi) is 5.24. The normalized spacial score (nSPS) is 12.8. The molecule has 2 N–H and O–H groups in total. The van der Waals surface area contributed by atoms with Gasteiger partial charge in [0.05, 0.1) is 0 Å². The number of carbonyl (C=O) groups excluding carboxylic acids is 1. The fourth-order valence-corrected chi connectivity index (χ4v) is 3.42. The molecule has 0 unspecified atom stereocenters. The van der Waals surface area contributed by atoms with E-state index >= 15 is 0 Å². The van der Waals surface area contributed by atoms with E-state index in [1.807, 2.05) is 42.5 Å². The van der Waals surface area contributed by atoms with Crippen LogP contribution in [0.25, 0.3) is 11.1 Å². The van der Waals surface area contributed by atoms with E-state index in [1.54, 1.807) is 24.5 Å². The van der Waals surface area contributed by atoms with E-state index in [1.165, 1.54) is 0 Å². The number of fused-ring (bicyclic) bond motifs is 3. The van der Waals surface area contributed by atoms with Gasteiger partial charge in [-0.2, -0.15) is 0 Å². The topological polar surface area (TPSA) is 88.5 Å². The second-order valence-electron chi connectivity index (χ2n) is 6.92. The van der Waals surface area contributed by atoms with Crippen LogP contribution in [0.5, 0.6) is 5.75 Å². The predicted octanol–water partition coefficient (Wildman–Crippen LogP) is 3.46. The number of aliphatic carboxylic acids is 1. The summed E-state index contributed by atoms with van der Waals surface area (Å²) in [6.45, 7) is 0.385.